The number of nitrogens with zero attached hydrogens (tertiary/aromatic N) is 2. The van der Waals surface area contributed by atoms with E-state index in [1.807, 2.05) is 12.1 Å². The Hall–Kier alpha value is -3.48. The normalized spacial score (nSPS) is 13.9. The second-order valence-electron chi connectivity index (χ2n) is 10.2. The van der Waals surface area contributed by atoms with Crippen molar-refractivity contribution < 1.29 is 9.90 Å². The number of carboxylic acid groups (broad SMARTS) is 1. The zero-order valence-corrected chi connectivity index (χ0v) is 22.7. The maximum Gasteiger partial charge on any atom is 0.335 e. The molecular formula is C32H35N3O2S. The number of thiazole rings is 1. The molecule has 0 saturated heterocycles. The summed E-state index contributed by atoms with van der Waals surface area (Å²) < 4.78 is 0. The van der Waals surface area contributed by atoms with Crippen LogP contribution in [0, 0.1) is 0 Å². The van der Waals surface area contributed by atoms with E-state index in [-0.39, 0.29) is 0 Å². The molecule has 1 heterocycles. The highest BCUT2D eigenvalue weighted by molar-refractivity contribution is 7.09. The predicted molar refractivity (Wildman–Crippen MR) is 156 cm³/mol. The maximum atomic E-state index is 11.0. The molecule has 3 aromatic carbocycles. The summed E-state index contributed by atoms with van der Waals surface area (Å²) in [5.41, 5.74) is 7.50. The van der Waals surface area contributed by atoms with Crippen LogP contribution in [0.5, 0.6) is 0 Å². The Morgan fingerprint density at radius 3 is 2.29 bits per heavy atom. The van der Waals surface area contributed by atoms with Crippen molar-refractivity contribution in [1.29, 1.82) is 0 Å². The molecule has 1 fully saturated rings. The minimum Gasteiger partial charge on any atom is -0.478 e. The highest BCUT2D eigenvalue weighted by atomic mass is 32.1. The first-order chi connectivity index (χ1) is 18.5. The molecule has 0 radical (unpaired) electrons. The first-order valence-corrected chi connectivity index (χ1v) is 14.3. The SMILES string of the molecule is CN(Cc1ccc(-c2csc(CNCc3ccc(C(=O)O)cc3)n2)cc1)c1ccc(C2CCCCC2)cc1. The zero-order valence-electron chi connectivity index (χ0n) is 21.9. The van der Waals surface area contributed by atoms with E-state index in [1.165, 1.54) is 48.9 Å². The van der Waals surface area contributed by atoms with Crippen molar-refractivity contribution >= 4 is 23.0 Å². The van der Waals surface area contributed by atoms with Gasteiger partial charge >= 0.3 is 5.97 Å². The van der Waals surface area contributed by atoms with Gasteiger partial charge < -0.3 is 15.3 Å². The molecule has 1 aromatic heterocycles. The molecule has 196 valence electrons. The Bertz CT molecular complexity index is 1320. The van der Waals surface area contributed by atoms with Crippen molar-refractivity contribution in [2.24, 2.45) is 0 Å². The number of hydrogen-bond acceptors (Lipinski definition) is 5. The molecule has 2 N–H and O–H groups in total. The summed E-state index contributed by atoms with van der Waals surface area (Å²) in [7, 11) is 2.16. The quantitative estimate of drug-likeness (QED) is 0.225. The molecule has 1 aliphatic carbocycles. The van der Waals surface area contributed by atoms with Gasteiger partial charge in [0.2, 0.25) is 0 Å². The van der Waals surface area contributed by atoms with Crippen molar-refractivity contribution in [3.05, 3.63) is 105 Å². The molecule has 0 spiro atoms. The van der Waals surface area contributed by atoms with Gasteiger partial charge in [0.25, 0.3) is 0 Å². The van der Waals surface area contributed by atoms with Gasteiger partial charge in [-0.2, -0.15) is 0 Å². The van der Waals surface area contributed by atoms with Crippen LogP contribution in [-0.2, 0) is 19.6 Å². The average molecular weight is 526 g/mol. The van der Waals surface area contributed by atoms with Crippen LogP contribution in [0.15, 0.2) is 78.2 Å². The van der Waals surface area contributed by atoms with Crippen LogP contribution in [0.4, 0.5) is 5.69 Å². The van der Waals surface area contributed by atoms with E-state index in [9.17, 15) is 4.79 Å². The van der Waals surface area contributed by atoms with Gasteiger partial charge in [0.05, 0.1) is 11.3 Å². The lowest BCUT2D eigenvalue weighted by molar-refractivity contribution is 0.0697. The third-order valence-electron chi connectivity index (χ3n) is 7.44. The van der Waals surface area contributed by atoms with E-state index in [0.29, 0.717) is 18.7 Å². The molecule has 5 rings (SSSR count). The summed E-state index contributed by atoms with van der Waals surface area (Å²) in [6, 6.07) is 24.9. The number of carboxylic acids is 1. The monoisotopic (exact) mass is 525 g/mol. The van der Waals surface area contributed by atoms with E-state index in [2.05, 4.69) is 71.2 Å². The fourth-order valence-electron chi connectivity index (χ4n) is 5.19. The number of anilines is 1. The van der Waals surface area contributed by atoms with Gasteiger partial charge in [0.15, 0.2) is 0 Å². The number of aromatic carboxylic acids is 1. The topological polar surface area (TPSA) is 65.5 Å². The average Bonchev–Trinajstić information content (AvgIpc) is 3.43. The molecule has 0 aliphatic heterocycles. The first-order valence-electron chi connectivity index (χ1n) is 13.4. The number of nitrogens with one attached hydrogen (secondary N) is 1. The Morgan fingerprint density at radius 1 is 0.921 bits per heavy atom. The summed E-state index contributed by atoms with van der Waals surface area (Å²) in [6.45, 7) is 2.21. The van der Waals surface area contributed by atoms with E-state index in [1.54, 1.807) is 23.5 Å². The Labute approximate surface area is 229 Å². The largest absolute Gasteiger partial charge is 0.478 e. The summed E-state index contributed by atoms with van der Waals surface area (Å²) >= 11 is 1.65. The van der Waals surface area contributed by atoms with Crippen molar-refractivity contribution in [3.63, 3.8) is 0 Å². The third-order valence-corrected chi connectivity index (χ3v) is 8.29. The molecule has 1 saturated carbocycles. The number of rotatable bonds is 10. The predicted octanol–water partition coefficient (Wildman–Crippen LogP) is 7.48. The van der Waals surface area contributed by atoms with E-state index < -0.39 is 5.97 Å². The standard InChI is InChI=1S/C32H35N3O2S/c1-35(29-17-15-26(16-18-29)25-5-3-2-4-6-25)21-24-9-11-27(12-10-24)30-22-38-31(34-30)20-33-19-23-7-13-28(14-8-23)32(36)37/h7-18,22,25,33H,2-6,19-21H2,1H3,(H,36,37). The molecule has 6 heteroatoms. The number of aromatic nitrogens is 1. The van der Waals surface area contributed by atoms with Crippen molar-refractivity contribution in [1.82, 2.24) is 10.3 Å². The van der Waals surface area contributed by atoms with Crippen molar-refractivity contribution in [2.75, 3.05) is 11.9 Å². The van der Waals surface area contributed by atoms with E-state index in [4.69, 9.17) is 10.1 Å². The Kier molecular flexibility index (Phi) is 8.51. The van der Waals surface area contributed by atoms with E-state index in [0.717, 1.165) is 34.3 Å². The number of carbonyl (C=O) groups is 1. The Morgan fingerprint density at radius 2 is 1.61 bits per heavy atom. The first kappa shape index (κ1) is 26.1. The molecule has 5 nitrogen and oxygen atoms in total. The lowest BCUT2D eigenvalue weighted by Gasteiger charge is -2.24. The zero-order chi connectivity index (χ0) is 26.3. The van der Waals surface area contributed by atoms with Crippen LogP contribution in [0.1, 0.15) is 70.1 Å². The molecule has 0 bridgehead atoms. The maximum absolute atomic E-state index is 11.0. The minimum absolute atomic E-state index is 0.305. The fraction of sp³-hybridized carbons (Fsp3) is 0.312. The van der Waals surface area contributed by atoms with Crippen LogP contribution >= 0.6 is 11.3 Å². The van der Waals surface area contributed by atoms with Gasteiger partial charge in [-0.1, -0.05) is 67.8 Å². The van der Waals surface area contributed by atoms with Gasteiger partial charge in [0.1, 0.15) is 5.01 Å². The summed E-state index contributed by atoms with van der Waals surface area (Å²) in [5, 5.41) is 15.5. The second-order valence-corrected chi connectivity index (χ2v) is 11.2. The summed E-state index contributed by atoms with van der Waals surface area (Å²) in [6.07, 6.45) is 6.80. The van der Waals surface area contributed by atoms with Crippen LogP contribution in [0.2, 0.25) is 0 Å². The van der Waals surface area contributed by atoms with Crippen LogP contribution < -0.4 is 10.2 Å². The highest BCUT2D eigenvalue weighted by Crippen LogP contribution is 2.33. The number of benzene rings is 3. The molecule has 0 atom stereocenters. The van der Waals surface area contributed by atoms with Crippen molar-refractivity contribution in [3.8, 4) is 11.3 Å². The van der Waals surface area contributed by atoms with E-state index >= 15 is 0 Å². The number of hydrogen-bond donors (Lipinski definition) is 2. The lowest BCUT2D eigenvalue weighted by Crippen LogP contribution is -2.16. The van der Waals surface area contributed by atoms with Gasteiger partial charge in [-0.05, 0) is 59.7 Å². The molecule has 1 aliphatic rings. The summed E-state index contributed by atoms with van der Waals surface area (Å²) in [4.78, 5) is 18.1. The molecular weight excluding hydrogens is 490 g/mol. The molecule has 4 aromatic rings. The Balaban J connectivity index is 1.12. The van der Waals surface area contributed by atoms with Gasteiger partial charge in [-0.3, -0.25) is 0 Å². The lowest BCUT2D eigenvalue weighted by atomic mass is 9.84. The van der Waals surface area contributed by atoms with Crippen LogP contribution in [-0.4, -0.2) is 23.1 Å². The van der Waals surface area contributed by atoms with Gasteiger partial charge in [-0.25, -0.2) is 9.78 Å². The molecule has 0 unspecified atom stereocenters. The summed E-state index contributed by atoms with van der Waals surface area (Å²) in [5.74, 6) is -0.158. The van der Waals surface area contributed by atoms with Gasteiger partial charge in [-0.15, -0.1) is 11.3 Å². The second kappa shape index (κ2) is 12.4. The van der Waals surface area contributed by atoms with Crippen LogP contribution in [0.25, 0.3) is 11.3 Å². The fourth-order valence-corrected chi connectivity index (χ4v) is 5.96. The van der Waals surface area contributed by atoms with Crippen molar-refractivity contribution in [2.45, 2.75) is 57.7 Å². The molecule has 38 heavy (non-hydrogen) atoms. The third kappa shape index (κ3) is 6.69. The molecule has 0 amide bonds. The van der Waals surface area contributed by atoms with Crippen LogP contribution in [0.3, 0.4) is 0 Å². The smallest absolute Gasteiger partial charge is 0.335 e. The highest BCUT2D eigenvalue weighted by Gasteiger charge is 2.15. The van der Waals surface area contributed by atoms with Gasteiger partial charge in [0, 0.05) is 43.3 Å². The minimum atomic E-state index is -0.903.